The topological polar surface area (TPSA) is 106 Å². The van der Waals surface area contributed by atoms with Gasteiger partial charge >= 0.3 is 7.60 Å². The smallest absolute Gasteiger partial charge is 0.462 e. The molecule has 3 aromatic carbocycles. The zero-order chi connectivity index (χ0) is 44.2. The highest BCUT2D eigenvalue weighted by Gasteiger charge is 2.55. The molecule has 5 unspecified atom stereocenters. The van der Waals surface area contributed by atoms with Gasteiger partial charge in [-0.2, -0.15) is 0 Å². The standard InChI is InChI=1S/C55H59N4O5P/c1-52-35-12-8-16-39(30-35)61-34-62-40-17-9-13-36(31-40)53(2,45-23-22-44(52)56-45)47-25-27-49(58-47)55(4)38-15-11-19-42(33-38)64-65(60,43-20-6-5-7-21-43)63-41-18-10-14-37(32-41)54(3,48-26-24-46(52)57-48)50-28-29-51(55)59-50/h5-8,11-16,19-21,23,27-33,44,46-48,56-59H,9-10,17-18,22,24-26,34H2,1-4H3/t44?,46?,47?,48?,52-,53+,54-,55+,65?/m0/s1. The zero-order valence-corrected chi connectivity index (χ0v) is 38.7. The van der Waals surface area contributed by atoms with E-state index < -0.39 is 23.8 Å². The minimum atomic E-state index is -3.92. The molecule has 0 amide bonds. The van der Waals surface area contributed by atoms with E-state index in [4.69, 9.17) is 18.5 Å². The molecular weight excluding hydrogens is 828 g/mol. The zero-order valence-electron chi connectivity index (χ0n) is 37.8. The molecule has 6 aliphatic heterocycles. The molecule has 0 saturated carbocycles. The number of allylic oxidation sites excluding steroid dienone is 7. The Labute approximate surface area is 382 Å². The van der Waals surface area contributed by atoms with Crippen LogP contribution in [0.5, 0.6) is 11.5 Å². The highest BCUT2D eigenvalue weighted by molar-refractivity contribution is 7.62. The average molecular weight is 887 g/mol. The normalized spacial score (nSPS) is 35.5. The van der Waals surface area contributed by atoms with Gasteiger partial charge in [-0.05, 0) is 142 Å². The Morgan fingerprint density at radius 3 is 2.12 bits per heavy atom. The fourth-order valence-electron chi connectivity index (χ4n) is 12.7. The van der Waals surface area contributed by atoms with E-state index in [1.807, 2.05) is 42.5 Å². The fraction of sp³-hybridized carbons (Fsp3) is 0.382. The molecular formula is C55H59N4O5P. The van der Waals surface area contributed by atoms with Crippen LogP contribution in [0, 0.1) is 5.41 Å². The molecule has 65 heavy (non-hydrogen) atoms. The summed E-state index contributed by atoms with van der Waals surface area (Å²) in [4.78, 5) is 4.14. The maximum absolute atomic E-state index is 15.5. The van der Waals surface area contributed by atoms with E-state index in [1.54, 1.807) is 0 Å². The third-order valence-corrected chi connectivity index (χ3v) is 18.7. The van der Waals surface area contributed by atoms with Crippen molar-refractivity contribution in [2.75, 3.05) is 6.79 Å². The maximum atomic E-state index is 15.5. The Kier molecular flexibility index (Phi) is 9.39. The molecule has 10 heteroatoms. The number of H-pyrrole nitrogens is 1. The largest absolute Gasteiger partial charge is 0.462 e. The second kappa shape index (κ2) is 14.9. The number of fused-ring (bicyclic) bond motifs is 18. The summed E-state index contributed by atoms with van der Waals surface area (Å²) < 4.78 is 41.8. The number of hydrogen-bond acceptors (Lipinski definition) is 8. The highest BCUT2D eigenvalue weighted by Crippen LogP contribution is 2.56. The van der Waals surface area contributed by atoms with Crippen LogP contribution in [0.4, 0.5) is 0 Å². The summed E-state index contributed by atoms with van der Waals surface area (Å²) in [6, 6.07) is 31.2. The third kappa shape index (κ3) is 6.24. The van der Waals surface area contributed by atoms with E-state index in [1.165, 1.54) is 16.8 Å². The molecule has 9 nitrogen and oxygen atoms in total. The second-order valence-electron chi connectivity index (χ2n) is 20.1. The molecule has 1 saturated heterocycles. The summed E-state index contributed by atoms with van der Waals surface area (Å²) in [5.74, 6) is 2.92. The number of ether oxygens (including phenoxy) is 2. The molecule has 8 aliphatic rings. The average Bonchev–Trinajstić information content (AvgIpc) is 4.19. The van der Waals surface area contributed by atoms with E-state index in [-0.39, 0.29) is 36.4 Å². The molecule has 0 spiro atoms. The molecule has 1 fully saturated rings. The maximum Gasteiger partial charge on any atom is 0.462 e. The van der Waals surface area contributed by atoms with E-state index in [0.717, 1.165) is 84.7 Å². The molecule has 2 aliphatic carbocycles. The number of aromatic amines is 1. The fourth-order valence-corrected chi connectivity index (χ4v) is 14.3. The predicted octanol–water partition coefficient (Wildman–Crippen LogP) is 10.7. The van der Waals surface area contributed by atoms with Crippen molar-refractivity contribution in [2.24, 2.45) is 5.41 Å². The van der Waals surface area contributed by atoms with Gasteiger partial charge in [0.05, 0.1) is 16.1 Å². The van der Waals surface area contributed by atoms with Crippen molar-refractivity contribution in [1.82, 2.24) is 20.9 Å². The van der Waals surface area contributed by atoms with Crippen LogP contribution >= 0.6 is 7.60 Å². The first-order valence-electron chi connectivity index (χ1n) is 23.7. The Morgan fingerprint density at radius 2 is 1.28 bits per heavy atom. The summed E-state index contributed by atoms with van der Waals surface area (Å²) in [5, 5.41) is 13.4. The summed E-state index contributed by atoms with van der Waals surface area (Å²) >= 11 is 0. The lowest BCUT2D eigenvalue weighted by molar-refractivity contribution is 0.0557. The van der Waals surface area contributed by atoms with E-state index in [0.29, 0.717) is 23.2 Å². The Morgan fingerprint density at radius 1 is 0.600 bits per heavy atom. The van der Waals surface area contributed by atoms with Gasteiger partial charge in [0.1, 0.15) is 23.0 Å². The van der Waals surface area contributed by atoms with Crippen molar-refractivity contribution >= 4 is 12.9 Å². The van der Waals surface area contributed by atoms with Gasteiger partial charge in [-0.15, -0.1) is 0 Å². The van der Waals surface area contributed by atoms with Gasteiger partial charge in [-0.25, -0.2) is 4.57 Å². The van der Waals surface area contributed by atoms with Crippen LogP contribution in [0.25, 0.3) is 0 Å². The van der Waals surface area contributed by atoms with Crippen molar-refractivity contribution in [3.05, 3.63) is 184 Å². The van der Waals surface area contributed by atoms with Gasteiger partial charge in [-0.3, -0.25) is 0 Å². The number of rotatable bonds is 1. The lowest BCUT2D eigenvalue weighted by Gasteiger charge is -2.46. The SMILES string of the molecule is C[C@]12C3=CCC(N3)[C@]3(C)C4=CCCC(=C4)OCOc4cccc(c4)[C@@](C)(C4CC=C3N4)C3CCC(N3)[C@](C)(C3=CCCC(=C3)OP(=O)(c3ccccc3)Oc3cccc1c3)c1ccc2[nH]1. The summed E-state index contributed by atoms with van der Waals surface area (Å²) in [7, 11) is -3.92. The number of hydrogen-bond donors (Lipinski definition) is 4. The molecule has 334 valence electrons. The van der Waals surface area contributed by atoms with Crippen molar-refractivity contribution < 1.29 is 23.1 Å². The van der Waals surface area contributed by atoms with Gasteiger partial charge in [0.2, 0.25) is 6.79 Å². The van der Waals surface area contributed by atoms with Crippen molar-refractivity contribution in [3.63, 3.8) is 0 Å². The molecule has 4 N–H and O–H groups in total. The van der Waals surface area contributed by atoms with Crippen molar-refractivity contribution in [2.45, 2.75) is 119 Å². The van der Waals surface area contributed by atoms with Gasteiger partial charge in [0.15, 0.2) is 0 Å². The Bertz CT molecular complexity index is 2840. The van der Waals surface area contributed by atoms with Crippen LogP contribution in [-0.4, -0.2) is 35.9 Å². The third-order valence-electron chi connectivity index (χ3n) is 16.9. The van der Waals surface area contributed by atoms with Crippen LogP contribution in [0.2, 0.25) is 0 Å². The van der Waals surface area contributed by atoms with Crippen LogP contribution < -0.4 is 30.5 Å². The van der Waals surface area contributed by atoms with E-state index >= 15 is 4.57 Å². The summed E-state index contributed by atoms with van der Waals surface area (Å²) in [5.41, 5.74) is 7.19. The molecule has 7 heterocycles. The van der Waals surface area contributed by atoms with Crippen LogP contribution in [0.15, 0.2) is 162 Å². The number of aromatic nitrogens is 1. The summed E-state index contributed by atoms with van der Waals surface area (Å²) in [6.07, 6.45) is 20.8. The second-order valence-corrected chi connectivity index (χ2v) is 22.0. The Hall–Kier alpha value is -5.63. The first-order valence-corrected chi connectivity index (χ1v) is 25.3. The van der Waals surface area contributed by atoms with Crippen molar-refractivity contribution in [3.8, 4) is 11.5 Å². The molecule has 4 aromatic rings. The first kappa shape index (κ1) is 40.8. The Balaban J connectivity index is 1.10. The van der Waals surface area contributed by atoms with Crippen LogP contribution in [0.1, 0.15) is 102 Å². The monoisotopic (exact) mass is 886 g/mol. The highest BCUT2D eigenvalue weighted by atomic mass is 31.2. The molecule has 0 radical (unpaired) electrons. The van der Waals surface area contributed by atoms with E-state index in [9.17, 15) is 0 Å². The van der Waals surface area contributed by atoms with E-state index in [2.05, 4.69) is 134 Å². The summed E-state index contributed by atoms with van der Waals surface area (Å²) in [6.45, 7) is 9.74. The lowest BCUT2D eigenvalue weighted by Crippen LogP contribution is -2.58. The molecule has 12 rings (SSSR count). The first-order chi connectivity index (χ1) is 31.5. The van der Waals surface area contributed by atoms with Crippen LogP contribution in [-0.2, 0) is 30.1 Å². The molecule has 9 atom stereocenters. The van der Waals surface area contributed by atoms with Crippen LogP contribution in [0.3, 0.4) is 0 Å². The minimum Gasteiger partial charge on any atom is -0.462 e. The van der Waals surface area contributed by atoms with Crippen molar-refractivity contribution in [1.29, 1.82) is 0 Å². The minimum absolute atomic E-state index is 0.00387. The molecule has 1 aromatic heterocycles. The van der Waals surface area contributed by atoms with Gasteiger partial charge in [0, 0.05) is 70.6 Å². The van der Waals surface area contributed by atoms with Gasteiger partial charge in [-0.1, -0.05) is 73.7 Å². The van der Waals surface area contributed by atoms with Gasteiger partial charge in [0.25, 0.3) is 0 Å². The predicted molar refractivity (Wildman–Crippen MR) is 255 cm³/mol. The molecule has 20 bridgehead atoms. The quantitative estimate of drug-likeness (QED) is 0.140. The lowest BCUT2D eigenvalue weighted by atomic mass is 9.68. The van der Waals surface area contributed by atoms with Gasteiger partial charge < -0.3 is 39.5 Å². The number of benzene rings is 3. The number of nitrogens with one attached hydrogen (secondary N) is 4.